The summed E-state index contributed by atoms with van der Waals surface area (Å²) in [5.41, 5.74) is 3.44. The highest BCUT2D eigenvalue weighted by atomic mass is 16.5. The standard InChI is InChI=1S/C23H21N7O3/c1-30-18-10-15(16-11-24-25-12-16)7-8-19(18)33-13-17(23(30)32)26-22(31)21-27-20(28-29-21)9-14-5-3-2-4-6-14/h2-8,10-12,17H,9,13H2,1H3,(H,24,25)(H,26,31)(H,27,28,29). The van der Waals surface area contributed by atoms with Crippen LogP contribution in [0.5, 0.6) is 5.75 Å². The van der Waals surface area contributed by atoms with Crippen molar-refractivity contribution in [3.8, 4) is 16.9 Å². The summed E-state index contributed by atoms with van der Waals surface area (Å²) in [5.74, 6) is 0.337. The Morgan fingerprint density at radius 2 is 2.03 bits per heavy atom. The number of H-pyrrole nitrogens is 2. The summed E-state index contributed by atoms with van der Waals surface area (Å²) in [6.45, 7) is -0.00200. The fourth-order valence-electron chi connectivity index (χ4n) is 3.68. The zero-order valence-electron chi connectivity index (χ0n) is 17.8. The van der Waals surface area contributed by atoms with Gasteiger partial charge in [-0.15, -0.1) is 10.2 Å². The maximum absolute atomic E-state index is 13.1. The molecule has 10 nitrogen and oxygen atoms in total. The number of anilines is 1. The number of amides is 2. The van der Waals surface area contributed by atoms with E-state index in [1.54, 1.807) is 25.5 Å². The minimum absolute atomic E-state index is 0.00200. The molecule has 1 aliphatic heterocycles. The molecule has 2 aromatic heterocycles. The van der Waals surface area contributed by atoms with E-state index in [-0.39, 0.29) is 18.3 Å². The van der Waals surface area contributed by atoms with E-state index in [1.165, 1.54) is 4.90 Å². The van der Waals surface area contributed by atoms with Gasteiger partial charge in [-0.25, -0.2) is 0 Å². The van der Waals surface area contributed by atoms with E-state index in [0.717, 1.165) is 16.7 Å². The molecule has 10 heteroatoms. The Hall–Kier alpha value is -4.47. The molecule has 3 N–H and O–H groups in total. The largest absolute Gasteiger partial charge is 0.489 e. The van der Waals surface area contributed by atoms with Gasteiger partial charge in [-0.3, -0.25) is 14.7 Å². The van der Waals surface area contributed by atoms with Gasteiger partial charge in [0.25, 0.3) is 11.8 Å². The first-order valence-electron chi connectivity index (χ1n) is 10.4. The number of benzene rings is 2. The Bertz CT molecular complexity index is 1280. The smallest absolute Gasteiger partial charge is 0.289 e. The first-order chi connectivity index (χ1) is 16.1. The van der Waals surface area contributed by atoms with Gasteiger partial charge in [0.05, 0.1) is 11.9 Å². The van der Waals surface area contributed by atoms with Crippen LogP contribution in [-0.2, 0) is 11.2 Å². The summed E-state index contributed by atoms with van der Waals surface area (Å²) in [6.07, 6.45) is 3.99. The maximum atomic E-state index is 13.1. The van der Waals surface area contributed by atoms with Crippen molar-refractivity contribution in [2.75, 3.05) is 18.6 Å². The number of hydrogen-bond donors (Lipinski definition) is 3. The Kier molecular flexibility index (Phi) is 5.31. The van der Waals surface area contributed by atoms with Crippen molar-refractivity contribution in [1.29, 1.82) is 0 Å². The van der Waals surface area contributed by atoms with Crippen LogP contribution in [0.2, 0.25) is 0 Å². The number of likely N-dealkylation sites (N-methyl/N-ethyl adjacent to an activating group) is 1. The van der Waals surface area contributed by atoms with E-state index >= 15 is 0 Å². The van der Waals surface area contributed by atoms with Gasteiger partial charge in [0, 0.05) is 25.2 Å². The lowest BCUT2D eigenvalue weighted by atomic mass is 10.1. The molecule has 2 amide bonds. The van der Waals surface area contributed by atoms with Crippen molar-refractivity contribution in [1.82, 2.24) is 30.7 Å². The van der Waals surface area contributed by atoms with Crippen LogP contribution in [-0.4, -0.2) is 56.9 Å². The second-order valence-electron chi connectivity index (χ2n) is 7.69. The van der Waals surface area contributed by atoms with Crippen molar-refractivity contribution >= 4 is 17.5 Å². The first kappa shape index (κ1) is 20.4. The second-order valence-corrected chi connectivity index (χ2v) is 7.69. The monoisotopic (exact) mass is 443 g/mol. The second kappa shape index (κ2) is 8.58. The number of carbonyl (C=O) groups is 2. The van der Waals surface area contributed by atoms with E-state index < -0.39 is 11.9 Å². The predicted molar refractivity (Wildman–Crippen MR) is 120 cm³/mol. The Morgan fingerprint density at radius 3 is 2.82 bits per heavy atom. The molecule has 0 fully saturated rings. The molecule has 1 unspecified atom stereocenters. The number of rotatable bonds is 5. The molecule has 3 heterocycles. The normalized spacial score (nSPS) is 15.5. The van der Waals surface area contributed by atoms with Gasteiger partial charge in [-0.1, -0.05) is 36.4 Å². The lowest BCUT2D eigenvalue weighted by molar-refractivity contribution is -0.120. The van der Waals surface area contributed by atoms with Gasteiger partial charge in [-0.2, -0.15) is 5.10 Å². The molecule has 0 bridgehead atoms. The molecular formula is C23H21N7O3. The van der Waals surface area contributed by atoms with E-state index in [2.05, 4.69) is 30.7 Å². The van der Waals surface area contributed by atoms with Crippen LogP contribution in [0.25, 0.3) is 11.1 Å². The predicted octanol–water partition coefficient (Wildman–Crippen LogP) is 1.94. The average molecular weight is 443 g/mol. The van der Waals surface area contributed by atoms with Crippen LogP contribution >= 0.6 is 0 Å². The van der Waals surface area contributed by atoms with Gasteiger partial charge in [-0.05, 0) is 23.3 Å². The Labute approximate surface area is 189 Å². The molecule has 0 saturated carbocycles. The topological polar surface area (TPSA) is 129 Å². The molecule has 0 spiro atoms. The first-order valence-corrected chi connectivity index (χ1v) is 10.4. The van der Waals surface area contributed by atoms with Gasteiger partial charge in [0.1, 0.15) is 24.2 Å². The zero-order valence-corrected chi connectivity index (χ0v) is 17.8. The van der Waals surface area contributed by atoms with E-state index in [4.69, 9.17) is 4.74 Å². The van der Waals surface area contributed by atoms with Crippen LogP contribution in [0.15, 0.2) is 60.9 Å². The van der Waals surface area contributed by atoms with Gasteiger partial charge in [0.15, 0.2) is 0 Å². The van der Waals surface area contributed by atoms with E-state index in [0.29, 0.717) is 23.7 Å². The van der Waals surface area contributed by atoms with Gasteiger partial charge < -0.3 is 19.9 Å². The molecule has 0 aliphatic carbocycles. The SMILES string of the molecule is CN1C(=O)C(NC(=O)c2nnc(Cc3ccccc3)[nH]2)COc2ccc(-c3cn[nH]c3)cc21. The van der Waals surface area contributed by atoms with Crippen molar-refractivity contribution in [3.05, 3.63) is 78.1 Å². The molecule has 4 aromatic rings. The van der Waals surface area contributed by atoms with Crippen LogP contribution in [0.4, 0.5) is 5.69 Å². The number of nitrogens with one attached hydrogen (secondary N) is 3. The zero-order chi connectivity index (χ0) is 22.8. The highest BCUT2D eigenvalue weighted by Crippen LogP contribution is 2.34. The Morgan fingerprint density at radius 1 is 1.18 bits per heavy atom. The average Bonchev–Trinajstić information content (AvgIpc) is 3.52. The number of aromatic nitrogens is 5. The highest BCUT2D eigenvalue weighted by Gasteiger charge is 2.31. The van der Waals surface area contributed by atoms with E-state index in [9.17, 15) is 9.59 Å². The molecule has 1 atom stereocenters. The third-order valence-electron chi connectivity index (χ3n) is 5.45. The van der Waals surface area contributed by atoms with Crippen molar-refractivity contribution in [2.45, 2.75) is 12.5 Å². The fraction of sp³-hybridized carbons (Fsp3) is 0.174. The number of nitrogens with zero attached hydrogens (tertiary/aromatic N) is 4. The molecule has 166 valence electrons. The molecule has 1 aliphatic rings. The molecule has 33 heavy (non-hydrogen) atoms. The summed E-state index contributed by atoms with van der Waals surface area (Å²) in [5, 5.41) is 17.4. The maximum Gasteiger partial charge on any atom is 0.289 e. The number of fused-ring (bicyclic) bond motifs is 1. The van der Waals surface area contributed by atoms with Crippen LogP contribution in [0.3, 0.4) is 0 Å². The number of ether oxygens (including phenoxy) is 1. The van der Waals surface area contributed by atoms with Crippen molar-refractivity contribution in [2.24, 2.45) is 0 Å². The molecule has 5 rings (SSSR count). The third kappa shape index (κ3) is 4.18. The summed E-state index contributed by atoms with van der Waals surface area (Å²) in [7, 11) is 1.65. The lowest BCUT2D eigenvalue weighted by Crippen LogP contribution is -2.49. The third-order valence-corrected chi connectivity index (χ3v) is 5.45. The number of hydrogen-bond acceptors (Lipinski definition) is 6. The lowest BCUT2D eigenvalue weighted by Gasteiger charge is -2.20. The molecule has 0 saturated heterocycles. The van der Waals surface area contributed by atoms with Crippen LogP contribution in [0, 0.1) is 0 Å². The molecule has 0 radical (unpaired) electrons. The quantitative estimate of drug-likeness (QED) is 0.432. The summed E-state index contributed by atoms with van der Waals surface area (Å²) >= 11 is 0. The Balaban J connectivity index is 1.29. The summed E-state index contributed by atoms with van der Waals surface area (Å²) in [4.78, 5) is 30.2. The number of carbonyl (C=O) groups excluding carboxylic acids is 2. The molecule has 2 aromatic carbocycles. The van der Waals surface area contributed by atoms with Crippen LogP contribution in [0.1, 0.15) is 22.0 Å². The summed E-state index contributed by atoms with van der Waals surface area (Å²) < 4.78 is 5.85. The van der Waals surface area contributed by atoms with Crippen molar-refractivity contribution < 1.29 is 14.3 Å². The fourth-order valence-corrected chi connectivity index (χ4v) is 3.68. The van der Waals surface area contributed by atoms with Gasteiger partial charge in [0.2, 0.25) is 5.82 Å². The van der Waals surface area contributed by atoms with Crippen LogP contribution < -0.4 is 15.0 Å². The number of aromatic amines is 2. The summed E-state index contributed by atoms with van der Waals surface area (Å²) in [6, 6.07) is 14.4. The highest BCUT2D eigenvalue weighted by molar-refractivity contribution is 6.02. The molecular weight excluding hydrogens is 422 g/mol. The minimum Gasteiger partial charge on any atom is -0.489 e. The van der Waals surface area contributed by atoms with E-state index in [1.807, 2.05) is 42.5 Å². The van der Waals surface area contributed by atoms with Crippen molar-refractivity contribution in [3.63, 3.8) is 0 Å². The minimum atomic E-state index is -0.880. The van der Waals surface area contributed by atoms with Gasteiger partial charge >= 0.3 is 0 Å².